The molecule has 0 saturated carbocycles. The Morgan fingerprint density at radius 1 is 0.950 bits per heavy atom. The molecule has 1 aromatic heterocycles. The van der Waals surface area contributed by atoms with E-state index in [0.29, 0.717) is 6.04 Å². The predicted octanol–water partition coefficient (Wildman–Crippen LogP) is 3.18. The summed E-state index contributed by atoms with van der Waals surface area (Å²) in [6.45, 7) is 9.34. The van der Waals surface area contributed by atoms with Crippen molar-refractivity contribution in [2.45, 2.75) is 46.7 Å². The second-order valence-corrected chi connectivity index (χ2v) is 5.72. The first-order chi connectivity index (χ1) is 9.52. The number of benzene rings is 1. The lowest BCUT2D eigenvalue weighted by atomic mass is 10.0. The molecule has 0 amide bonds. The minimum atomic E-state index is 0.477. The largest absolute Gasteiger partial charge is 0.310 e. The average Bonchev–Trinajstić information content (AvgIpc) is 2.36. The maximum Gasteiger partial charge on any atom is 0.132 e. The van der Waals surface area contributed by atoms with E-state index in [2.05, 4.69) is 61.2 Å². The van der Waals surface area contributed by atoms with Gasteiger partial charge in [0.15, 0.2) is 0 Å². The molecule has 0 fully saturated rings. The van der Waals surface area contributed by atoms with Gasteiger partial charge in [-0.1, -0.05) is 43.2 Å². The molecule has 0 atom stereocenters. The van der Waals surface area contributed by atoms with E-state index in [1.807, 2.05) is 12.4 Å². The molecule has 2 aromatic rings. The summed E-state index contributed by atoms with van der Waals surface area (Å²) in [7, 11) is 0. The Hall–Kier alpha value is -1.74. The second-order valence-electron chi connectivity index (χ2n) is 5.72. The summed E-state index contributed by atoms with van der Waals surface area (Å²) in [5.41, 5.74) is 4.98. The van der Waals surface area contributed by atoms with E-state index in [1.165, 1.54) is 16.7 Å². The molecule has 1 heterocycles. The zero-order chi connectivity index (χ0) is 14.5. The molecule has 1 aromatic carbocycles. The molecule has 0 aliphatic carbocycles. The van der Waals surface area contributed by atoms with Crippen LogP contribution in [0.2, 0.25) is 0 Å². The van der Waals surface area contributed by atoms with Crippen LogP contribution in [0.3, 0.4) is 0 Å². The zero-order valence-corrected chi connectivity index (χ0v) is 12.8. The third kappa shape index (κ3) is 4.42. The number of aromatic nitrogens is 2. The Kier molecular flexibility index (Phi) is 4.85. The number of hydrogen-bond donors (Lipinski definition) is 1. The van der Waals surface area contributed by atoms with Crippen LogP contribution in [0.25, 0.3) is 0 Å². The summed E-state index contributed by atoms with van der Waals surface area (Å²) >= 11 is 0. The highest BCUT2D eigenvalue weighted by molar-refractivity contribution is 5.30. The molecule has 1 N–H and O–H groups in total. The molecule has 2 rings (SSSR count). The number of aryl methyl sites for hydroxylation is 2. The van der Waals surface area contributed by atoms with E-state index in [9.17, 15) is 0 Å². The monoisotopic (exact) mass is 269 g/mol. The molecule has 0 unspecified atom stereocenters. The molecule has 3 nitrogen and oxygen atoms in total. The van der Waals surface area contributed by atoms with Crippen molar-refractivity contribution < 1.29 is 0 Å². The topological polar surface area (TPSA) is 37.8 Å². The quantitative estimate of drug-likeness (QED) is 0.906. The smallest absolute Gasteiger partial charge is 0.132 e. The standard InChI is InChI=1S/C17H23N3/c1-12(2)18-9-16-10-19-17(20-11-16)8-15-6-13(3)5-14(4)7-15/h5-7,10-12,18H,8-9H2,1-4H3. The van der Waals surface area contributed by atoms with E-state index in [4.69, 9.17) is 0 Å². The van der Waals surface area contributed by atoms with E-state index in [0.717, 1.165) is 24.4 Å². The SMILES string of the molecule is Cc1cc(C)cc(Cc2ncc(CNC(C)C)cn2)c1. The van der Waals surface area contributed by atoms with Gasteiger partial charge in [-0.3, -0.25) is 0 Å². The van der Waals surface area contributed by atoms with Crippen LogP contribution >= 0.6 is 0 Å². The van der Waals surface area contributed by atoms with Crippen molar-refractivity contribution in [3.8, 4) is 0 Å². The van der Waals surface area contributed by atoms with E-state index >= 15 is 0 Å². The summed E-state index contributed by atoms with van der Waals surface area (Å²) < 4.78 is 0. The van der Waals surface area contributed by atoms with E-state index in [-0.39, 0.29) is 0 Å². The third-order valence-electron chi connectivity index (χ3n) is 3.12. The van der Waals surface area contributed by atoms with Gasteiger partial charge in [0.05, 0.1) is 0 Å². The fraction of sp³-hybridized carbons (Fsp3) is 0.412. The second kappa shape index (κ2) is 6.62. The minimum absolute atomic E-state index is 0.477. The lowest BCUT2D eigenvalue weighted by Gasteiger charge is -2.08. The first-order valence-corrected chi connectivity index (χ1v) is 7.13. The predicted molar refractivity (Wildman–Crippen MR) is 82.7 cm³/mol. The Bertz CT molecular complexity index is 539. The molecular weight excluding hydrogens is 246 g/mol. The molecule has 0 spiro atoms. The van der Waals surface area contributed by atoms with Gasteiger partial charge < -0.3 is 5.32 Å². The molecule has 0 radical (unpaired) electrons. The summed E-state index contributed by atoms with van der Waals surface area (Å²) in [6.07, 6.45) is 4.63. The van der Waals surface area contributed by atoms with Gasteiger partial charge in [0.25, 0.3) is 0 Å². The Morgan fingerprint density at radius 2 is 1.55 bits per heavy atom. The normalized spacial score (nSPS) is 11.1. The first-order valence-electron chi connectivity index (χ1n) is 7.13. The van der Waals surface area contributed by atoms with Gasteiger partial charge in [0.2, 0.25) is 0 Å². The number of rotatable bonds is 5. The summed E-state index contributed by atoms with van der Waals surface area (Å²) in [6, 6.07) is 7.06. The maximum atomic E-state index is 4.46. The van der Waals surface area contributed by atoms with Gasteiger partial charge in [-0.2, -0.15) is 0 Å². The number of hydrogen-bond acceptors (Lipinski definition) is 3. The van der Waals surface area contributed by atoms with Gasteiger partial charge in [0.1, 0.15) is 5.82 Å². The van der Waals surface area contributed by atoms with Gasteiger partial charge in [-0.15, -0.1) is 0 Å². The van der Waals surface area contributed by atoms with Gasteiger partial charge >= 0.3 is 0 Å². The number of nitrogens with one attached hydrogen (secondary N) is 1. The first kappa shape index (κ1) is 14.7. The van der Waals surface area contributed by atoms with E-state index < -0.39 is 0 Å². The highest BCUT2D eigenvalue weighted by atomic mass is 14.9. The van der Waals surface area contributed by atoms with Crippen LogP contribution in [0.1, 0.15) is 41.9 Å². The van der Waals surface area contributed by atoms with Gasteiger partial charge in [0, 0.05) is 37.0 Å². The molecular formula is C17H23N3. The van der Waals surface area contributed by atoms with Crippen molar-refractivity contribution in [2.24, 2.45) is 0 Å². The molecule has 0 aliphatic rings. The lowest BCUT2D eigenvalue weighted by molar-refractivity contribution is 0.586. The van der Waals surface area contributed by atoms with Crippen molar-refractivity contribution >= 4 is 0 Å². The summed E-state index contributed by atoms with van der Waals surface area (Å²) in [5.74, 6) is 0.878. The average molecular weight is 269 g/mol. The van der Waals surface area contributed by atoms with Crippen molar-refractivity contribution in [3.05, 3.63) is 58.7 Å². The minimum Gasteiger partial charge on any atom is -0.310 e. The van der Waals surface area contributed by atoms with Crippen LogP contribution in [0.4, 0.5) is 0 Å². The Balaban J connectivity index is 2.03. The zero-order valence-electron chi connectivity index (χ0n) is 12.8. The number of nitrogens with zero attached hydrogens (tertiary/aromatic N) is 2. The molecule has 106 valence electrons. The van der Waals surface area contributed by atoms with Crippen molar-refractivity contribution in [1.82, 2.24) is 15.3 Å². The van der Waals surface area contributed by atoms with Crippen LogP contribution in [0.5, 0.6) is 0 Å². The van der Waals surface area contributed by atoms with E-state index in [1.54, 1.807) is 0 Å². The molecule has 3 heteroatoms. The van der Waals surface area contributed by atoms with Crippen molar-refractivity contribution in [2.75, 3.05) is 0 Å². The Labute approximate surface area is 121 Å². The molecule has 20 heavy (non-hydrogen) atoms. The highest BCUT2D eigenvalue weighted by Crippen LogP contribution is 2.11. The summed E-state index contributed by atoms with van der Waals surface area (Å²) in [5, 5.41) is 3.37. The molecule has 0 saturated heterocycles. The van der Waals surface area contributed by atoms with Crippen LogP contribution in [0.15, 0.2) is 30.6 Å². The van der Waals surface area contributed by atoms with Crippen molar-refractivity contribution in [3.63, 3.8) is 0 Å². The molecule has 0 bridgehead atoms. The van der Waals surface area contributed by atoms with Gasteiger partial charge in [-0.05, 0) is 19.4 Å². The van der Waals surface area contributed by atoms with Crippen LogP contribution in [-0.4, -0.2) is 16.0 Å². The van der Waals surface area contributed by atoms with Crippen molar-refractivity contribution in [1.29, 1.82) is 0 Å². The molecule has 0 aliphatic heterocycles. The van der Waals surface area contributed by atoms with Crippen LogP contribution in [-0.2, 0) is 13.0 Å². The fourth-order valence-corrected chi connectivity index (χ4v) is 2.24. The Morgan fingerprint density at radius 3 is 2.10 bits per heavy atom. The van der Waals surface area contributed by atoms with Crippen LogP contribution < -0.4 is 5.32 Å². The third-order valence-corrected chi connectivity index (χ3v) is 3.12. The van der Waals surface area contributed by atoms with Crippen LogP contribution in [0, 0.1) is 13.8 Å². The van der Waals surface area contributed by atoms with Gasteiger partial charge in [-0.25, -0.2) is 9.97 Å². The lowest BCUT2D eigenvalue weighted by Crippen LogP contribution is -2.22. The maximum absolute atomic E-state index is 4.46. The highest BCUT2D eigenvalue weighted by Gasteiger charge is 2.02. The summed E-state index contributed by atoms with van der Waals surface area (Å²) in [4.78, 5) is 8.92. The fourth-order valence-electron chi connectivity index (χ4n) is 2.24.